The minimum atomic E-state index is -0.881. The molecule has 1 aromatic carbocycles. The van der Waals surface area contributed by atoms with Gasteiger partial charge in [-0.2, -0.15) is 0 Å². The summed E-state index contributed by atoms with van der Waals surface area (Å²) >= 11 is 0. The summed E-state index contributed by atoms with van der Waals surface area (Å²) in [6.07, 6.45) is 3.61. The van der Waals surface area contributed by atoms with E-state index in [2.05, 4.69) is 5.32 Å². The van der Waals surface area contributed by atoms with Gasteiger partial charge < -0.3 is 11.1 Å². The minimum Gasteiger partial charge on any atom is -0.345 e. The zero-order valence-corrected chi connectivity index (χ0v) is 17.0. The first kappa shape index (κ1) is 23.0. The Hall–Kier alpha value is -2.01. The normalized spacial score (nSPS) is 13.4. The number of rotatable bonds is 12. The molecule has 2 atom stereocenters. The molecular weight excluding hydrogens is 340 g/mol. The van der Waals surface area contributed by atoms with Gasteiger partial charge in [-0.1, -0.05) is 70.9 Å². The third-order valence-corrected chi connectivity index (χ3v) is 4.82. The summed E-state index contributed by atoms with van der Waals surface area (Å²) in [6.45, 7) is 7.68. The molecule has 0 fully saturated rings. The van der Waals surface area contributed by atoms with Crippen LogP contribution in [-0.4, -0.2) is 29.6 Å². The van der Waals surface area contributed by atoms with Crippen molar-refractivity contribution >= 4 is 17.5 Å². The van der Waals surface area contributed by atoms with Crippen LogP contribution in [0.2, 0.25) is 0 Å². The van der Waals surface area contributed by atoms with Crippen molar-refractivity contribution in [1.82, 2.24) is 5.32 Å². The number of nitrogens with one attached hydrogen (secondary N) is 1. The van der Waals surface area contributed by atoms with Gasteiger partial charge in [0, 0.05) is 12.3 Å². The van der Waals surface area contributed by atoms with E-state index in [1.54, 1.807) is 13.8 Å². The van der Waals surface area contributed by atoms with Gasteiger partial charge in [0.25, 0.3) is 0 Å². The maximum atomic E-state index is 12.8. The van der Waals surface area contributed by atoms with Crippen LogP contribution in [0, 0.1) is 11.8 Å². The number of amides is 1. The van der Waals surface area contributed by atoms with E-state index in [-0.39, 0.29) is 24.2 Å². The lowest BCUT2D eigenvalue weighted by atomic mass is 9.91. The molecule has 0 aromatic heterocycles. The summed E-state index contributed by atoms with van der Waals surface area (Å²) in [5.74, 6) is -1.66. The lowest BCUT2D eigenvalue weighted by Crippen LogP contribution is -2.52. The van der Waals surface area contributed by atoms with Gasteiger partial charge in [-0.15, -0.1) is 0 Å². The zero-order valence-electron chi connectivity index (χ0n) is 17.0. The lowest BCUT2D eigenvalue weighted by molar-refractivity contribution is -0.140. The van der Waals surface area contributed by atoms with Crippen LogP contribution >= 0.6 is 0 Å². The Labute approximate surface area is 163 Å². The smallest absolute Gasteiger partial charge is 0.223 e. The molecule has 0 aliphatic heterocycles. The molecule has 0 bridgehead atoms. The molecule has 0 aliphatic carbocycles. The Balaban J connectivity index is 3.01. The number of ketones is 2. The topological polar surface area (TPSA) is 89.3 Å². The van der Waals surface area contributed by atoms with Crippen molar-refractivity contribution in [2.45, 2.75) is 71.9 Å². The van der Waals surface area contributed by atoms with E-state index in [9.17, 15) is 14.4 Å². The Morgan fingerprint density at radius 2 is 1.52 bits per heavy atom. The van der Waals surface area contributed by atoms with Gasteiger partial charge in [-0.25, -0.2) is 0 Å². The second kappa shape index (κ2) is 11.7. The highest BCUT2D eigenvalue weighted by molar-refractivity contribution is 6.41. The molecule has 3 N–H and O–H groups in total. The number of hydrogen-bond donors (Lipinski definition) is 2. The maximum Gasteiger partial charge on any atom is 0.223 e. The fourth-order valence-electron chi connectivity index (χ4n) is 3.09. The van der Waals surface area contributed by atoms with Crippen LogP contribution in [0.3, 0.4) is 0 Å². The van der Waals surface area contributed by atoms with Crippen LogP contribution in [0.25, 0.3) is 0 Å². The number of benzene rings is 1. The first-order valence-electron chi connectivity index (χ1n) is 9.99. The molecule has 0 radical (unpaired) electrons. The van der Waals surface area contributed by atoms with Crippen LogP contribution in [0.5, 0.6) is 0 Å². The monoisotopic (exact) mass is 374 g/mol. The first-order valence-corrected chi connectivity index (χ1v) is 9.99. The predicted molar refractivity (Wildman–Crippen MR) is 108 cm³/mol. The van der Waals surface area contributed by atoms with Crippen LogP contribution in [0.15, 0.2) is 30.3 Å². The number of Topliss-reactive ketones (excluding diaryl/α,β-unsaturated/α-hetero) is 2. The predicted octanol–water partition coefficient (Wildman–Crippen LogP) is 3.05. The highest BCUT2D eigenvalue weighted by atomic mass is 16.2. The van der Waals surface area contributed by atoms with Gasteiger partial charge in [0.2, 0.25) is 17.5 Å². The fraction of sp³-hybridized carbons (Fsp3) is 0.591. The molecule has 150 valence electrons. The quantitative estimate of drug-likeness (QED) is 0.550. The van der Waals surface area contributed by atoms with Gasteiger partial charge in [-0.3, -0.25) is 14.4 Å². The zero-order chi connectivity index (χ0) is 20.4. The average molecular weight is 375 g/mol. The number of hydrogen-bond acceptors (Lipinski definition) is 4. The van der Waals surface area contributed by atoms with Crippen LogP contribution in [0.1, 0.15) is 58.9 Å². The first-order chi connectivity index (χ1) is 12.8. The number of carbonyl (C=O) groups excluding carboxylic acids is 3. The second-order valence-corrected chi connectivity index (χ2v) is 7.52. The van der Waals surface area contributed by atoms with Gasteiger partial charge in [0.1, 0.15) is 0 Å². The Morgan fingerprint density at radius 3 is 2.00 bits per heavy atom. The highest BCUT2D eigenvalue weighted by Gasteiger charge is 2.32. The lowest BCUT2D eigenvalue weighted by Gasteiger charge is -2.23. The summed E-state index contributed by atoms with van der Waals surface area (Å²) in [4.78, 5) is 38.1. The minimum absolute atomic E-state index is 0.137. The standard InChI is InChI=1S/C22H34N2O3/c1-5-10-17(11-6-2)22(27)24-18(14-16-12-8-7-9-13-16)20(25)21(26)19(23)15(3)4/h7-9,12-13,15,17-19H,5-6,10-11,14,23H2,1-4H3,(H,24,27)/t18-,19-/m0/s1. The van der Waals surface area contributed by atoms with E-state index in [1.165, 1.54) is 0 Å². The molecule has 27 heavy (non-hydrogen) atoms. The van der Waals surface area contributed by atoms with Gasteiger partial charge in [0.15, 0.2) is 0 Å². The van der Waals surface area contributed by atoms with Gasteiger partial charge >= 0.3 is 0 Å². The SMILES string of the molecule is CCCC(CCC)C(=O)N[C@@H](Cc1ccccc1)C(=O)C(=O)[C@@H](N)C(C)C. The molecular formula is C22H34N2O3. The molecule has 0 saturated heterocycles. The summed E-state index contributed by atoms with van der Waals surface area (Å²) in [6, 6.07) is 7.67. The van der Waals surface area contributed by atoms with E-state index in [0.717, 1.165) is 31.2 Å². The van der Waals surface area contributed by atoms with Crippen molar-refractivity contribution in [2.75, 3.05) is 0 Å². The van der Waals surface area contributed by atoms with Crippen LogP contribution in [-0.2, 0) is 20.8 Å². The van der Waals surface area contributed by atoms with Crippen LogP contribution < -0.4 is 11.1 Å². The van der Waals surface area contributed by atoms with Crippen LogP contribution in [0.4, 0.5) is 0 Å². The molecule has 1 amide bonds. The molecule has 0 heterocycles. The Bertz CT molecular complexity index is 607. The summed E-state index contributed by atoms with van der Waals surface area (Å²) < 4.78 is 0. The van der Waals surface area contributed by atoms with E-state index >= 15 is 0 Å². The third-order valence-electron chi connectivity index (χ3n) is 4.82. The van der Waals surface area contributed by atoms with Crippen molar-refractivity contribution in [2.24, 2.45) is 17.6 Å². The van der Waals surface area contributed by atoms with Gasteiger partial charge in [0.05, 0.1) is 12.1 Å². The van der Waals surface area contributed by atoms with E-state index in [1.807, 2.05) is 44.2 Å². The van der Waals surface area contributed by atoms with E-state index in [4.69, 9.17) is 5.73 Å². The molecule has 0 saturated carbocycles. The Kier molecular flexibility index (Phi) is 9.94. The average Bonchev–Trinajstić information content (AvgIpc) is 2.66. The van der Waals surface area contributed by atoms with Crippen molar-refractivity contribution < 1.29 is 14.4 Å². The molecule has 0 unspecified atom stereocenters. The second-order valence-electron chi connectivity index (χ2n) is 7.52. The summed E-state index contributed by atoms with van der Waals surface area (Å²) in [5.41, 5.74) is 6.79. The summed E-state index contributed by atoms with van der Waals surface area (Å²) in [5, 5.41) is 2.84. The maximum absolute atomic E-state index is 12.8. The molecule has 5 heteroatoms. The molecule has 1 rings (SSSR count). The molecule has 1 aromatic rings. The largest absolute Gasteiger partial charge is 0.345 e. The molecule has 0 aliphatic rings. The van der Waals surface area contributed by atoms with E-state index in [0.29, 0.717) is 0 Å². The molecule has 0 spiro atoms. The van der Waals surface area contributed by atoms with Crippen molar-refractivity contribution in [3.63, 3.8) is 0 Å². The van der Waals surface area contributed by atoms with Crippen molar-refractivity contribution in [3.8, 4) is 0 Å². The van der Waals surface area contributed by atoms with Gasteiger partial charge in [-0.05, 0) is 24.3 Å². The molecule has 5 nitrogen and oxygen atoms in total. The number of nitrogens with two attached hydrogens (primary N) is 1. The fourth-order valence-corrected chi connectivity index (χ4v) is 3.09. The van der Waals surface area contributed by atoms with Crippen molar-refractivity contribution in [1.29, 1.82) is 0 Å². The number of carbonyl (C=O) groups is 3. The highest BCUT2D eigenvalue weighted by Crippen LogP contribution is 2.15. The summed E-state index contributed by atoms with van der Waals surface area (Å²) in [7, 11) is 0. The van der Waals surface area contributed by atoms with E-state index < -0.39 is 23.7 Å². The van der Waals surface area contributed by atoms with Crippen molar-refractivity contribution in [3.05, 3.63) is 35.9 Å². The Morgan fingerprint density at radius 1 is 0.963 bits per heavy atom. The third kappa shape index (κ3) is 7.25.